The predicted octanol–water partition coefficient (Wildman–Crippen LogP) is 2.27. The van der Waals surface area contributed by atoms with Gasteiger partial charge >= 0.3 is 0 Å². The molecule has 0 aliphatic carbocycles. The third-order valence-electron chi connectivity index (χ3n) is 5.36. The summed E-state index contributed by atoms with van der Waals surface area (Å²) in [4.78, 5) is 16.2. The fourth-order valence-corrected chi connectivity index (χ4v) is 3.94. The van der Waals surface area contributed by atoms with Crippen molar-refractivity contribution in [1.29, 1.82) is 0 Å². The van der Waals surface area contributed by atoms with Crippen molar-refractivity contribution in [1.82, 2.24) is 9.55 Å². The van der Waals surface area contributed by atoms with Crippen LogP contribution in [0.3, 0.4) is 0 Å². The normalized spacial score (nSPS) is 19.8. The third kappa shape index (κ3) is 3.39. The molecule has 1 aromatic carbocycles. The second kappa shape index (κ2) is 7.33. The average Bonchev–Trinajstić information content (AvgIpc) is 2.99. The van der Waals surface area contributed by atoms with E-state index in [0.29, 0.717) is 31.7 Å². The number of nitrogens with two attached hydrogens (primary N) is 1. The number of pyridine rings is 1. The van der Waals surface area contributed by atoms with Crippen molar-refractivity contribution in [3.8, 4) is 0 Å². The van der Waals surface area contributed by atoms with Gasteiger partial charge in [0, 0.05) is 30.7 Å². The molecule has 2 aromatic heterocycles. The molecule has 0 saturated carbocycles. The summed E-state index contributed by atoms with van der Waals surface area (Å²) in [6, 6.07) is 10.0. The summed E-state index contributed by atoms with van der Waals surface area (Å²) in [5.41, 5.74) is 8.84. The Labute approximate surface area is 161 Å². The number of aryl methyl sites for hydroxylation is 1. The van der Waals surface area contributed by atoms with Crippen molar-refractivity contribution in [2.24, 2.45) is 12.8 Å². The Bertz CT molecular complexity index is 1050. The highest BCUT2D eigenvalue weighted by Gasteiger charge is 2.29. The first kappa shape index (κ1) is 18.6. The van der Waals surface area contributed by atoms with E-state index >= 15 is 0 Å². The minimum atomic E-state index is -0.615. The number of primary amides is 1. The standard InChI is InChI=1S/C21H22FN3O3/c1-25-18(15-5-6-28-11-19(15)26)10-16-13(7-12-3-2-4-14(22)8-12)9-17(20(23)27)24-21(16)25/h2-4,8-10,15,19,26H,5-7,11H2,1H3,(H2,23,27). The molecule has 28 heavy (non-hydrogen) atoms. The van der Waals surface area contributed by atoms with Gasteiger partial charge in [0.05, 0.1) is 12.7 Å². The van der Waals surface area contributed by atoms with E-state index in [0.717, 1.165) is 22.2 Å². The van der Waals surface area contributed by atoms with Gasteiger partial charge < -0.3 is 20.1 Å². The largest absolute Gasteiger partial charge is 0.390 e. The molecule has 6 nitrogen and oxygen atoms in total. The SMILES string of the molecule is Cn1c(C2CCOCC2O)cc2c(Cc3cccc(F)c3)cc(C(N)=O)nc21. The smallest absolute Gasteiger partial charge is 0.267 e. The quantitative estimate of drug-likeness (QED) is 0.723. The van der Waals surface area contributed by atoms with Gasteiger partial charge in [-0.05, 0) is 48.2 Å². The van der Waals surface area contributed by atoms with Gasteiger partial charge in [-0.2, -0.15) is 0 Å². The fraction of sp³-hybridized carbons (Fsp3) is 0.333. The summed E-state index contributed by atoms with van der Waals surface area (Å²) in [5, 5.41) is 11.2. The van der Waals surface area contributed by atoms with E-state index in [9.17, 15) is 14.3 Å². The van der Waals surface area contributed by atoms with Gasteiger partial charge in [-0.1, -0.05) is 12.1 Å². The first-order valence-corrected chi connectivity index (χ1v) is 9.23. The van der Waals surface area contributed by atoms with Gasteiger partial charge in [0.15, 0.2) is 0 Å². The van der Waals surface area contributed by atoms with Crippen LogP contribution in [-0.4, -0.2) is 39.9 Å². The lowest BCUT2D eigenvalue weighted by Crippen LogP contribution is -2.31. The summed E-state index contributed by atoms with van der Waals surface area (Å²) in [6.07, 6.45) is 0.545. The number of aliphatic hydroxyl groups is 1. The molecule has 1 fully saturated rings. The van der Waals surface area contributed by atoms with E-state index in [1.807, 2.05) is 23.7 Å². The number of amides is 1. The van der Waals surface area contributed by atoms with E-state index in [2.05, 4.69) is 4.98 Å². The number of benzene rings is 1. The Hall–Kier alpha value is -2.77. The molecule has 3 aromatic rings. The van der Waals surface area contributed by atoms with Crippen molar-refractivity contribution in [2.45, 2.75) is 24.9 Å². The number of ether oxygens (including phenoxy) is 1. The molecule has 1 saturated heterocycles. The van der Waals surface area contributed by atoms with Crippen LogP contribution in [0.5, 0.6) is 0 Å². The van der Waals surface area contributed by atoms with E-state index in [1.165, 1.54) is 12.1 Å². The molecule has 146 valence electrons. The van der Waals surface area contributed by atoms with Gasteiger partial charge in [0.2, 0.25) is 0 Å². The Morgan fingerprint density at radius 1 is 1.39 bits per heavy atom. The number of carbonyl (C=O) groups is 1. The minimum Gasteiger partial charge on any atom is -0.390 e. The molecule has 2 atom stereocenters. The summed E-state index contributed by atoms with van der Waals surface area (Å²) in [6.45, 7) is 0.877. The minimum absolute atomic E-state index is 0.0769. The first-order valence-electron chi connectivity index (χ1n) is 9.23. The number of aromatic nitrogens is 2. The zero-order valence-corrected chi connectivity index (χ0v) is 15.6. The second-order valence-electron chi connectivity index (χ2n) is 7.24. The van der Waals surface area contributed by atoms with Gasteiger partial charge in [0.25, 0.3) is 5.91 Å². The van der Waals surface area contributed by atoms with Crippen LogP contribution in [0, 0.1) is 5.82 Å². The van der Waals surface area contributed by atoms with Gasteiger partial charge in [-0.25, -0.2) is 9.37 Å². The zero-order chi connectivity index (χ0) is 19.8. The Kier molecular flexibility index (Phi) is 4.87. The number of hydrogen-bond donors (Lipinski definition) is 2. The zero-order valence-electron chi connectivity index (χ0n) is 15.6. The topological polar surface area (TPSA) is 90.4 Å². The number of halogens is 1. The van der Waals surface area contributed by atoms with Gasteiger partial charge in [0.1, 0.15) is 17.2 Å². The Balaban J connectivity index is 1.85. The van der Waals surface area contributed by atoms with Crippen molar-refractivity contribution in [3.63, 3.8) is 0 Å². The first-order chi connectivity index (χ1) is 13.4. The van der Waals surface area contributed by atoms with Crippen molar-refractivity contribution < 1.29 is 19.0 Å². The molecule has 0 radical (unpaired) electrons. The Morgan fingerprint density at radius 2 is 2.21 bits per heavy atom. The second-order valence-corrected chi connectivity index (χ2v) is 7.24. The highest BCUT2D eigenvalue weighted by molar-refractivity contribution is 5.94. The number of hydrogen-bond acceptors (Lipinski definition) is 4. The molecule has 3 heterocycles. The van der Waals surface area contributed by atoms with E-state index in [4.69, 9.17) is 10.5 Å². The monoisotopic (exact) mass is 383 g/mol. The van der Waals surface area contributed by atoms with Crippen LogP contribution in [0.4, 0.5) is 4.39 Å². The number of aliphatic hydroxyl groups excluding tert-OH is 1. The van der Waals surface area contributed by atoms with Crippen LogP contribution in [0.1, 0.15) is 39.6 Å². The van der Waals surface area contributed by atoms with Crippen LogP contribution in [0.2, 0.25) is 0 Å². The molecule has 0 bridgehead atoms. The lowest BCUT2D eigenvalue weighted by Gasteiger charge is -2.28. The number of fused-ring (bicyclic) bond motifs is 1. The molecular formula is C21H22FN3O3. The van der Waals surface area contributed by atoms with E-state index in [-0.39, 0.29) is 17.4 Å². The van der Waals surface area contributed by atoms with Crippen LogP contribution in [0.25, 0.3) is 11.0 Å². The summed E-state index contributed by atoms with van der Waals surface area (Å²) >= 11 is 0. The maximum Gasteiger partial charge on any atom is 0.267 e. The van der Waals surface area contributed by atoms with Crippen molar-refractivity contribution in [2.75, 3.05) is 13.2 Å². The van der Waals surface area contributed by atoms with E-state index < -0.39 is 12.0 Å². The maximum absolute atomic E-state index is 13.6. The average molecular weight is 383 g/mol. The van der Waals surface area contributed by atoms with Crippen molar-refractivity contribution in [3.05, 3.63) is 64.7 Å². The lowest BCUT2D eigenvalue weighted by atomic mass is 9.93. The van der Waals surface area contributed by atoms with Crippen molar-refractivity contribution >= 4 is 16.9 Å². The molecule has 1 aliphatic heterocycles. The molecule has 4 rings (SSSR count). The molecule has 3 N–H and O–H groups in total. The summed E-state index contributed by atoms with van der Waals surface area (Å²) in [5.74, 6) is -1.000. The summed E-state index contributed by atoms with van der Waals surface area (Å²) in [7, 11) is 1.86. The molecule has 7 heteroatoms. The highest BCUT2D eigenvalue weighted by atomic mass is 19.1. The molecular weight excluding hydrogens is 361 g/mol. The number of carbonyl (C=O) groups excluding carboxylic acids is 1. The molecule has 0 spiro atoms. The van der Waals surface area contributed by atoms with Crippen LogP contribution in [0.15, 0.2) is 36.4 Å². The van der Waals surface area contributed by atoms with Gasteiger partial charge in [-0.3, -0.25) is 4.79 Å². The highest BCUT2D eigenvalue weighted by Crippen LogP contribution is 2.33. The lowest BCUT2D eigenvalue weighted by molar-refractivity contribution is -0.0219. The molecule has 1 amide bonds. The van der Waals surface area contributed by atoms with Crippen LogP contribution < -0.4 is 5.73 Å². The predicted molar refractivity (Wildman–Crippen MR) is 103 cm³/mol. The van der Waals surface area contributed by atoms with Gasteiger partial charge in [-0.15, -0.1) is 0 Å². The number of rotatable bonds is 4. The number of nitrogens with zero attached hydrogens (tertiary/aromatic N) is 2. The fourth-order valence-electron chi connectivity index (χ4n) is 3.94. The third-order valence-corrected chi connectivity index (χ3v) is 5.36. The maximum atomic E-state index is 13.6. The Morgan fingerprint density at radius 3 is 2.93 bits per heavy atom. The molecule has 1 aliphatic rings. The van der Waals surface area contributed by atoms with Crippen LogP contribution >= 0.6 is 0 Å². The molecule has 2 unspecified atom stereocenters. The van der Waals surface area contributed by atoms with E-state index in [1.54, 1.807) is 12.1 Å². The summed E-state index contributed by atoms with van der Waals surface area (Å²) < 4.78 is 20.9. The van der Waals surface area contributed by atoms with Crippen LogP contribution in [-0.2, 0) is 18.2 Å².